The minimum Gasteiger partial charge on any atom is -0.329 e. The van der Waals surface area contributed by atoms with Crippen molar-refractivity contribution in [3.8, 4) is 0 Å². The quantitative estimate of drug-likeness (QED) is 0.532. The van der Waals surface area contributed by atoms with Crippen LogP contribution in [0.2, 0.25) is 0 Å². The first-order valence-electron chi connectivity index (χ1n) is 4.14. The molecular weight excluding hydrogens is 184 g/mol. The molecule has 0 aliphatic heterocycles. The van der Waals surface area contributed by atoms with E-state index in [9.17, 15) is 10.1 Å². The summed E-state index contributed by atoms with van der Waals surface area (Å²) < 4.78 is 0. The number of aryl methyl sites for hydroxylation is 1. The van der Waals surface area contributed by atoms with E-state index in [0.717, 1.165) is 0 Å². The van der Waals surface area contributed by atoms with Crippen LogP contribution in [0.15, 0.2) is 12.1 Å². The maximum atomic E-state index is 10.5. The van der Waals surface area contributed by atoms with E-state index in [1.165, 1.54) is 12.1 Å². The lowest BCUT2D eigenvalue weighted by molar-refractivity contribution is -0.385. The van der Waals surface area contributed by atoms with Crippen LogP contribution >= 0.6 is 0 Å². The molecule has 14 heavy (non-hydrogen) atoms. The molecule has 6 heteroatoms. The van der Waals surface area contributed by atoms with E-state index in [2.05, 4.69) is 4.98 Å². The van der Waals surface area contributed by atoms with Crippen LogP contribution in [0.3, 0.4) is 0 Å². The monoisotopic (exact) mass is 196 g/mol. The van der Waals surface area contributed by atoms with Gasteiger partial charge in [0.1, 0.15) is 5.69 Å². The van der Waals surface area contributed by atoms with Crippen LogP contribution in [-0.2, 0) is 0 Å². The summed E-state index contributed by atoms with van der Waals surface area (Å²) in [4.78, 5) is 14.0. The third-order valence-corrected chi connectivity index (χ3v) is 1.91. The number of rotatable bonds is 3. The molecule has 0 amide bonds. The lowest BCUT2D eigenvalue weighted by Crippen LogP contribution is -2.22. The topological polar surface area (TPSA) is 108 Å². The van der Waals surface area contributed by atoms with Gasteiger partial charge in [0.2, 0.25) is 0 Å². The summed E-state index contributed by atoms with van der Waals surface area (Å²) in [5.74, 6) is 0. The van der Waals surface area contributed by atoms with Gasteiger partial charge < -0.3 is 11.5 Å². The van der Waals surface area contributed by atoms with Crippen molar-refractivity contribution in [2.75, 3.05) is 6.54 Å². The molecule has 1 aromatic rings. The standard InChI is InChI=1S/C8H12N4O2/c1-5-8(12(13)14)3-2-7(11-5)6(10)4-9/h2-3,6H,4,9-10H2,1H3/t6-/m1/s1. The molecule has 0 fully saturated rings. The molecule has 0 unspecified atom stereocenters. The molecule has 0 saturated heterocycles. The van der Waals surface area contributed by atoms with Crippen molar-refractivity contribution in [2.45, 2.75) is 13.0 Å². The van der Waals surface area contributed by atoms with Gasteiger partial charge in [0.25, 0.3) is 5.69 Å². The van der Waals surface area contributed by atoms with Crippen LogP contribution in [0.1, 0.15) is 17.4 Å². The predicted octanol–water partition coefficient (Wildman–Crippen LogP) is 0.257. The van der Waals surface area contributed by atoms with Gasteiger partial charge in [-0.15, -0.1) is 0 Å². The minimum absolute atomic E-state index is 0.00188. The molecule has 6 nitrogen and oxygen atoms in total. The number of pyridine rings is 1. The molecule has 0 aliphatic carbocycles. The van der Waals surface area contributed by atoms with Crippen molar-refractivity contribution in [2.24, 2.45) is 11.5 Å². The van der Waals surface area contributed by atoms with Crippen LogP contribution in [0, 0.1) is 17.0 Å². The maximum absolute atomic E-state index is 10.5. The Morgan fingerprint density at radius 1 is 1.64 bits per heavy atom. The minimum atomic E-state index is -0.472. The van der Waals surface area contributed by atoms with Gasteiger partial charge in [-0.1, -0.05) is 0 Å². The lowest BCUT2D eigenvalue weighted by atomic mass is 10.2. The summed E-state index contributed by atoms with van der Waals surface area (Å²) in [6, 6.07) is 2.56. The van der Waals surface area contributed by atoms with E-state index in [4.69, 9.17) is 11.5 Å². The zero-order chi connectivity index (χ0) is 10.7. The van der Waals surface area contributed by atoms with Crippen molar-refractivity contribution in [3.05, 3.63) is 33.6 Å². The molecule has 76 valence electrons. The lowest BCUT2D eigenvalue weighted by Gasteiger charge is -2.08. The predicted molar refractivity (Wildman–Crippen MR) is 51.6 cm³/mol. The molecular formula is C8H12N4O2. The number of nitrogens with zero attached hydrogens (tertiary/aromatic N) is 2. The number of nitro groups is 1. The zero-order valence-electron chi connectivity index (χ0n) is 7.80. The van der Waals surface area contributed by atoms with Crippen molar-refractivity contribution in [3.63, 3.8) is 0 Å². The highest BCUT2D eigenvalue weighted by molar-refractivity contribution is 5.35. The fraction of sp³-hybridized carbons (Fsp3) is 0.375. The highest BCUT2D eigenvalue weighted by Crippen LogP contribution is 2.17. The fourth-order valence-electron chi connectivity index (χ4n) is 1.09. The summed E-state index contributed by atoms with van der Waals surface area (Å²) in [6.07, 6.45) is 0. The second-order valence-corrected chi connectivity index (χ2v) is 2.94. The molecule has 0 radical (unpaired) electrons. The van der Waals surface area contributed by atoms with E-state index in [-0.39, 0.29) is 18.3 Å². The Morgan fingerprint density at radius 3 is 2.71 bits per heavy atom. The van der Waals surface area contributed by atoms with E-state index in [0.29, 0.717) is 11.4 Å². The summed E-state index contributed by atoms with van der Waals surface area (Å²) in [5.41, 5.74) is 11.9. The molecule has 0 aliphatic rings. The largest absolute Gasteiger partial charge is 0.329 e. The molecule has 1 rings (SSSR count). The Morgan fingerprint density at radius 2 is 2.29 bits per heavy atom. The first-order chi connectivity index (χ1) is 6.56. The Balaban J connectivity index is 3.06. The van der Waals surface area contributed by atoms with Crippen LogP contribution < -0.4 is 11.5 Å². The molecule has 0 saturated carbocycles. The van der Waals surface area contributed by atoms with Crippen molar-refractivity contribution in [1.82, 2.24) is 4.98 Å². The van der Waals surface area contributed by atoms with Gasteiger partial charge in [0.05, 0.1) is 16.7 Å². The van der Waals surface area contributed by atoms with Crippen molar-refractivity contribution >= 4 is 5.69 Å². The van der Waals surface area contributed by atoms with E-state index < -0.39 is 4.92 Å². The summed E-state index contributed by atoms with van der Waals surface area (Å²) in [7, 11) is 0. The van der Waals surface area contributed by atoms with Gasteiger partial charge in [-0.3, -0.25) is 10.1 Å². The average Bonchev–Trinajstić information content (AvgIpc) is 2.15. The van der Waals surface area contributed by atoms with Crippen molar-refractivity contribution < 1.29 is 4.92 Å². The van der Waals surface area contributed by atoms with Gasteiger partial charge in [-0.25, -0.2) is 4.98 Å². The van der Waals surface area contributed by atoms with Gasteiger partial charge in [-0.2, -0.15) is 0 Å². The van der Waals surface area contributed by atoms with Crippen LogP contribution in [0.5, 0.6) is 0 Å². The average molecular weight is 196 g/mol. The molecule has 1 aromatic heterocycles. The van der Waals surface area contributed by atoms with Crippen LogP contribution in [0.25, 0.3) is 0 Å². The molecule has 4 N–H and O–H groups in total. The highest BCUT2D eigenvalue weighted by Gasteiger charge is 2.13. The Kier molecular flexibility index (Phi) is 3.10. The Hall–Kier alpha value is -1.53. The third-order valence-electron chi connectivity index (χ3n) is 1.91. The summed E-state index contributed by atoms with van der Waals surface area (Å²) in [6.45, 7) is 1.84. The molecule has 1 heterocycles. The van der Waals surface area contributed by atoms with E-state index in [1.807, 2.05) is 0 Å². The number of hydrogen-bond donors (Lipinski definition) is 2. The van der Waals surface area contributed by atoms with Gasteiger partial charge in [0.15, 0.2) is 0 Å². The van der Waals surface area contributed by atoms with Gasteiger partial charge in [0, 0.05) is 12.6 Å². The zero-order valence-corrected chi connectivity index (χ0v) is 7.80. The molecule has 1 atom stereocenters. The molecule has 0 spiro atoms. The summed E-state index contributed by atoms with van der Waals surface area (Å²) in [5, 5.41) is 10.5. The summed E-state index contributed by atoms with van der Waals surface area (Å²) >= 11 is 0. The van der Waals surface area contributed by atoms with Gasteiger partial charge >= 0.3 is 0 Å². The molecule has 0 aromatic carbocycles. The normalized spacial score (nSPS) is 12.5. The van der Waals surface area contributed by atoms with Crippen LogP contribution in [0.4, 0.5) is 5.69 Å². The smallest absolute Gasteiger partial charge is 0.290 e. The highest BCUT2D eigenvalue weighted by atomic mass is 16.6. The first-order valence-corrected chi connectivity index (χ1v) is 4.14. The molecule has 0 bridgehead atoms. The number of aromatic nitrogens is 1. The second-order valence-electron chi connectivity index (χ2n) is 2.94. The SMILES string of the molecule is Cc1nc([C@H](N)CN)ccc1[N+](=O)[O-]. The Bertz CT molecular complexity index is 353. The van der Waals surface area contributed by atoms with Crippen LogP contribution in [-0.4, -0.2) is 16.5 Å². The fourth-order valence-corrected chi connectivity index (χ4v) is 1.09. The first kappa shape index (κ1) is 10.6. The van der Waals surface area contributed by atoms with E-state index in [1.54, 1.807) is 6.92 Å². The number of hydrogen-bond acceptors (Lipinski definition) is 5. The second kappa shape index (κ2) is 4.12. The third kappa shape index (κ3) is 2.04. The van der Waals surface area contributed by atoms with Crippen molar-refractivity contribution in [1.29, 1.82) is 0 Å². The van der Waals surface area contributed by atoms with E-state index >= 15 is 0 Å². The number of nitrogens with two attached hydrogens (primary N) is 2. The Labute approximate surface area is 81.1 Å². The van der Waals surface area contributed by atoms with Gasteiger partial charge in [-0.05, 0) is 13.0 Å². The maximum Gasteiger partial charge on any atom is 0.290 e.